The van der Waals surface area contributed by atoms with Crippen LogP contribution in [0.1, 0.15) is 10.4 Å². The van der Waals surface area contributed by atoms with Crippen LogP contribution in [0.15, 0.2) is 27.0 Å². The molecule has 0 unspecified atom stereocenters. The van der Waals surface area contributed by atoms with Gasteiger partial charge in [-0.1, -0.05) is 0 Å². The maximum absolute atomic E-state index is 12.8. The standard InChI is InChI=1S/C15H18F3N5O5S2/c1-21-10(15(16,17)18)7-9(19)13(25)22-14-8(12(20)24)6-11(29-14)30(26,27)23-2-4-28-5-3-23/h6-7H,2-5,19H2,1H3,(H2,20,24)(H,22,25). The van der Waals surface area contributed by atoms with Crippen molar-refractivity contribution in [3.63, 3.8) is 0 Å². The third-order valence-electron chi connectivity index (χ3n) is 3.85. The van der Waals surface area contributed by atoms with E-state index in [1.807, 2.05) is 0 Å². The maximum atomic E-state index is 12.8. The number of ether oxygens (including phenoxy) is 1. The molecule has 30 heavy (non-hydrogen) atoms. The lowest BCUT2D eigenvalue weighted by molar-refractivity contribution is -0.112. The second kappa shape index (κ2) is 9.11. The number of nitrogens with zero attached hydrogens (tertiary/aromatic N) is 2. The van der Waals surface area contributed by atoms with Gasteiger partial charge in [0.1, 0.15) is 14.9 Å². The Morgan fingerprint density at radius 2 is 1.90 bits per heavy atom. The average Bonchev–Trinajstić information content (AvgIpc) is 3.10. The van der Waals surface area contributed by atoms with E-state index in [1.54, 1.807) is 0 Å². The summed E-state index contributed by atoms with van der Waals surface area (Å²) in [7, 11) is -3.12. The van der Waals surface area contributed by atoms with E-state index in [1.165, 1.54) is 0 Å². The summed E-state index contributed by atoms with van der Waals surface area (Å²) in [5, 5.41) is 1.86. The topological polar surface area (TPSA) is 157 Å². The van der Waals surface area contributed by atoms with Crippen LogP contribution in [0, 0.1) is 0 Å². The molecule has 1 aromatic rings. The number of sulfonamides is 1. The van der Waals surface area contributed by atoms with Crippen LogP contribution in [0.2, 0.25) is 0 Å². The van der Waals surface area contributed by atoms with Crippen molar-refractivity contribution >= 4 is 43.9 Å². The number of alkyl halides is 3. The van der Waals surface area contributed by atoms with Gasteiger partial charge in [0.25, 0.3) is 21.8 Å². The van der Waals surface area contributed by atoms with Crippen molar-refractivity contribution in [3.05, 3.63) is 23.4 Å². The maximum Gasteiger partial charge on any atom is 0.432 e. The van der Waals surface area contributed by atoms with Crippen molar-refractivity contribution in [2.45, 2.75) is 10.4 Å². The number of halogens is 3. The Kier molecular flexibility index (Phi) is 7.23. The molecule has 0 spiro atoms. The summed E-state index contributed by atoms with van der Waals surface area (Å²) in [6.07, 6.45) is -4.52. The van der Waals surface area contributed by atoms with Crippen molar-refractivity contribution < 1.29 is 35.9 Å². The number of amides is 2. The van der Waals surface area contributed by atoms with Gasteiger partial charge in [0, 0.05) is 20.1 Å². The highest BCUT2D eigenvalue weighted by molar-refractivity contribution is 7.91. The van der Waals surface area contributed by atoms with Gasteiger partial charge in [-0.05, 0) is 12.1 Å². The molecular weight excluding hydrogens is 451 g/mol. The van der Waals surface area contributed by atoms with Gasteiger partial charge in [0.2, 0.25) is 0 Å². The highest BCUT2D eigenvalue weighted by atomic mass is 32.2. The highest BCUT2D eigenvalue weighted by Crippen LogP contribution is 2.33. The van der Waals surface area contributed by atoms with Crippen molar-refractivity contribution in [3.8, 4) is 0 Å². The summed E-state index contributed by atoms with van der Waals surface area (Å²) in [5.41, 5.74) is 8.05. The zero-order valence-corrected chi connectivity index (χ0v) is 17.2. The fraction of sp³-hybridized carbons (Fsp3) is 0.400. The van der Waals surface area contributed by atoms with Crippen molar-refractivity contribution in [1.29, 1.82) is 0 Å². The fourth-order valence-corrected chi connectivity index (χ4v) is 5.28. The minimum atomic E-state index is -4.83. The Bertz CT molecular complexity index is 995. The summed E-state index contributed by atoms with van der Waals surface area (Å²) >= 11 is 0.526. The van der Waals surface area contributed by atoms with Gasteiger partial charge >= 0.3 is 6.18 Å². The Morgan fingerprint density at radius 3 is 2.40 bits per heavy atom. The summed E-state index contributed by atoms with van der Waals surface area (Å²) in [6, 6.07) is 0.988. The van der Waals surface area contributed by atoms with Crippen molar-refractivity contribution in [1.82, 2.24) is 4.31 Å². The first kappa shape index (κ1) is 23.8. The predicted octanol–water partition coefficient (Wildman–Crippen LogP) is 0.282. The largest absolute Gasteiger partial charge is 0.432 e. The van der Waals surface area contributed by atoms with E-state index in [9.17, 15) is 31.2 Å². The second-order valence-electron chi connectivity index (χ2n) is 5.85. The van der Waals surface area contributed by atoms with E-state index >= 15 is 0 Å². The number of rotatable bonds is 6. The van der Waals surface area contributed by atoms with Crippen LogP contribution in [0.3, 0.4) is 0 Å². The summed E-state index contributed by atoms with van der Waals surface area (Å²) in [4.78, 5) is 26.9. The number of nitrogens with two attached hydrogens (primary N) is 2. The number of carbonyl (C=O) groups excluding carboxylic acids is 2. The van der Waals surface area contributed by atoms with E-state index in [4.69, 9.17) is 16.2 Å². The molecule has 0 atom stereocenters. The highest BCUT2D eigenvalue weighted by Gasteiger charge is 2.34. The molecule has 1 saturated heterocycles. The summed E-state index contributed by atoms with van der Waals surface area (Å²) in [5.74, 6) is -2.24. The van der Waals surface area contributed by atoms with Crippen LogP contribution < -0.4 is 16.8 Å². The number of nitrogens with one attached hydrogen (secondary N) is 1. The smallest absolute Gasteiger partial charge is 0.394 e. The number of aliphatic imine (C=N–C) groups is 1. The van der Waals surface area contributed by atoms with Gasteiger partial charge in [0.05, 0.1) is 24.5 Å². The molecule has 1 fully saturated rings. The quantitative estimate of drug-likeness (QED) is 0.401. The molecule has 2 rings (SSSR count). The van der Waals surface area contributed by atoms with E-state index in [0.717, 1.165) is 17.4 Å². The number of carbonyl (C=O) groups is 2. The van der Waals surface area contributed by atoms with Crippen LogP contribution in [0.5, 0.6) is 0 Å². The number of hydrogen-bond donors (Lipinski definition) is 3. The molecule has 0 saturated carbocycles. The Morgan fingerprint density at radius 1 is 1.30 bits per heavy atom. The van der Waals surface area contributed by atoms with Gasteiger partial charge in [0.15, 0.2) is 0 Å². The number of hydrogen-bond acceptors (Lipinski definition) is 8. The minimum absolute atomic E-state index is 0.0973. The van der Waals surface area contributed by atoms with Gasteiger partial charge in [-0.3, -0.25) is 14.6 Å². The first-order chi connectivity index (χ1) is 13.9. The molecule has 0 aliphatic carbocycles. The molecule has 0 aromatic carbocycles. The molecular formula is C15H18F3N5O5S2. The summed E-state index contributed by atoms with van der Waals surface area (Å²) in [6.45, 7) is 0.581. The Balaban J connectivity index is 2.33. The zero-order valence-electron chi connectivity index (χ0n) is 15.5. The van der Waals surface area contributed by atoms with Crippen LogP contribution in [0.25, 0.3) is 0 Å². The number of primary amides is 1. The first-order valence-corrected chi connectivity index (χ1v) is 10.5. The molecule has 0 radical (unpaired) electrons. The fourth-order valence-electron chi connectivity index (χ4n) is 2.35. The molecule has 15 heteroatoms. The van der Waals surface area contributed by atoms with Gasteiger partial charge in [-0.25, -0.2) is 8.42 Å². The van der Waals surface area contributed by atoms with Gasteiger partial charge in [-0.15, -0.1) is 11.3 Å². The first-order valence-electron chi connectivity index (χ1n) is 8.22. The van der Waals surface area contributed by atoms with Gasteiger partial charge in [-0.2, -0.15) is 17.5 Å². The van der Waals surface area contributed by atoms with E-state index in [-0.39, 0.29) is 41.1 Å². The van der Waals surface area contributed by atoms with E-state index in [0.29, 0.717) is 17.4 Å². The van der Waals surface area contributed by atoms with E-state index in [2.05, 4.69) is 10.3 Å². The van der Waals surface area contributed by atoms with E-state index < -0.39 is 39.4 Å². The molecule has 0 bridgehead atoms. The Labute approximate surface area is 173 Å². The van der Waals surface area contributed by atoms with Crippen molar-refractivity contribution in [2.75, 3.05) is 38.7 Å². The van der Waals surface area contributed by atoms with Crippen LogP contribution in [-0.2, 0) is 19.6 Å². The second-order valence-corrected chi connectivity index (χ2v) is 9.07. The van der Waals surface area contributed by atoms with Crippen LogP contribution in [0.4, 0.5) is 18.2 Å². The third kappa shape index (κ3) is 5.35. The third-order valence-corrected chi connectivity index (χ3v) is 7.25. The minimum Gasteiger partial charge on any atom is -0.394 e. The average molecular weight is 469 g/mol. The number of thiophene rings is 1. The molecule has 5 N–H and O–H groups in total. The molecule has 1 aliphatic rings. The molecule has 1 aliphatic heterocycles. The summed E-state index contributed by atoms with van der Waals surface area (Å²) < 4.78 is 69.7. The molecule has 10 nitrogen and oxygen atoms in total. The molecule has 2 heterocycles. The molecule has 2 amide bonds. The lowest BCUT2D eigenvalue weighted by Crippen LogP contribution is -2.40. The SMILES string of the molecule is CN=C(C=C(N)C(=O)Nc1sc(S(=O)(=O)N2CCOCC2)cc1C(N)=O)C(F)(F)F. The number of anilines is 1. The lowest BCUT2D eigenvalue weighted by Gasteiger charge is -2.25. The lowest BCUT2D eigenvalue weighted by atomic mass is 10.2. The molecule has 166 valence electrons. The number of allylic oxidation sites excluding steroid dienone is 1. The van der Waals surface area contributed by atoms with Crippen molar-refractivity contribution in [2.24, 2.45) is 16.5 Å². The molecule has 1 aromatic heterocycles. The van der Waals surface area contributed by atoms with Gasteiger partial charge < -0.3 is 21.5 Å². The van der Waals surface area contributed by atoms with Crippen LogP contribution >= 0.6 is 11.3 Å². The normalized spacial score (nSPS) is 17.1. The Hall–Kier alpha value is -2.49. The monoisotopic (exact) mass is 469 g/mol. The number of morpholine rings is 1. The zero-order chi connectivity index (χ0) is 22.7. The van der Waals surface area contributed by atoms with Crippen LogP contribution in [-0.4, -0.2) is 69.8 Å². The predicted molar refractivity (Wildman–Crippen MR) is 103 cm³/mol.